The van der Waals surface area contributed by atoms with Crippen LogP contribution in [-0.2, 0) is 0 Å². The molecule has 0 amide bonds. The molecule has 0 fully saturated rings. The Labute approximate surface area is 179 Å². The van der Waals surface area contributed by atoms with Crippen molar-refractivity contribution in [3.63, 3.8) is 0 Å². The highest BCUT2D eigenvalue weighted by Crippen LogP contribution is 2.27. The van der Waals surface area contributed by atoms with E-state index in [-0.39, 0.29) is 24.3 Å². The van der Waals surface area contributed by atoms with Gasteiger partial charge in [0.05, 0.1) is 18.8 Å². The number of rotatable bonds is 4. The molecule has 0 spiro atoms. The van der Waals surface area contributed by atoms with E-state index in [1.807, 2.05) is 60.7 Å². The van der Waals surface area contributed by atoms with E-state index < -0.39 is 0 Å². The molecule has 4 rings (SSSR count). The number of nitrogens with two attached hydrogens (primary N) is 2. The molecule has 0 unspecified atom stereocenters. The van der Waals surface area contributed by atoms with Gasteiger partial charge < -0.3 is 16.2 Å². The summed E-state index contributed by atoms with van der Waals surface area (Å²) in [5.41, 5.74) is 12.7. The number of halogens is 1. The molecule has 4 aromatic rings. The third kappa shape index (κ3) is 3.83. The van der Waals surface area contributed by atoms with Crippen LogP contribution in [0.3, 0.4) is 0 Å². The molecule has 7 nitrogen and oxygen atoms in total. The third-order valence-electron chi connectivity index (χ3n) is 4.65. The van der Waals surface area contributed by atoms with Gasteiger partial charge in [0, 0.05) is 22.7 Å². The van der Waals surface area contributed by atoms with E-state index in [1.165, 1.54) is 6.21 Å². The zero-order chi connectivity index (χ0) is 20.4. The predicted octanol–water partition coefficient (Wildman–Crippen LogP) is 3.52. The third-order valence-corrected chi connectivity index (χ3v) is 4.65. The molecule has 0 aliphatic rings. The Morgan fingerprint density at radius 3 is 2.57 bits per heavy atom. The topological polar surface area (TPSA) is 108 Å². The summed E-state index contributed by atoms with van der Waals surface area (Å²) >= 11 is 0. The maximum Gasteiger partial charge on any atom is 0.263 e. The Morgan fingerprint density at radius 2 is 1.80 bits per heavy atom. The molecule has 30 heavy (non-hydrogen) atoms. The Balaban J connectivity index is 0.00000256. The number of aromatic nitrogens is 1. The lowest BCUT2D eigenvalue weighted by atomic mass is 10.0. The fourth-order valence-electron chi connectivity index (χ4n) is 3.33. The van der Waals surface area contributed by atoms with E-state index in [1.54, 1.807) is 17.9 Å². The molecule has 1 heterocycles. The van der Waals surface area contributed by atoms with Gasteiger partial charge >= 0.3 is 0 Å². The average Bonchev–Trinajstić information content (AvgIpc) is 3.10. The minimum absolute atomic E-state index is 0. The van der Waals surface area contributed by atoms with Gasteiger partial charge in [0.2, 0.25) is 5.96 Å². The molecule has 0 atom stereocenters. The Bertz CT molecular complexity index is 1280. The number of ether oxygens (including phenoxy) is 1. The minimum atomic E-state index is -0.144. The normalized spacial score (nSPS) is 10.8. The molecule has 0 bridgehead atoms. The van der Waals surface area contributed by atoms with Crippen LogP contribution in [0.4, 0.5) is 0 Å². The molecular formula is C22H20ClN5O2. The van der Waals surface area contributed by atoms with Crippen LogP contribution in [0.25, 0.3) is 21.7 Å². The van der Waals surface area contributed by atoms with Gasteiger partial charge in [-0.25, -0.2) is 0 Å². The van der Waals surface area contributed by atoms with E-state index in [0.717, 1.165) is 21.7 Å². The van der Waals surface area contributed by atoms with Crippen molar-refractivity contribution < 1.29 is 9.53 Å². The second-order valence-electron chi connectivity index (χ2n) is 6.44. The summed E-state index contributed by atoms with van der Waals surface area (Å²) in [4.78, 5) is 13.4. The number of benzene rings is 3. The SMILES string of the molecule is COc1ccc2c(c1)c(/C=N/N=C(N)N)cn2C(=O)c1cccc2ccccc12.Cl. The average molecular weight is 422 g/mol. The van der Waals surface area contributed by atoms with Gasteiger partial charge in [-0.3, -0.25) is 9.36 Å². The van der Waals surface area contributed by atoms with E-state index >= 15 is 0 Å². The van der Waals surface area contributed by atoms with Gasteiger partial charge in [-0.2, -0.15) is 5.10 Å². The maximum absolute atomic E-state index is 13.4. The summed E-state index contributed by atoms with van der Waals surface area (Å²) in [6, 6.07) is 19.0. The first-order valence-corrected chi connectivity index (χ1v) is 8.92. The van der Waals surface area contributed by atoms with Gasteiger partial charge in [0.1, 0.15) is 5.75 Å². The number of methoxy groups -OCH3 is 1. The van der Waals surface area contributed by atoms with Crippen LogP contribution < -0.4 is 16.2 Å². The van der Waals surface area contributed by atoms with Crippen LogP contribution in [-0.4, -0.2) is 29.8 Å². The Morgan fingerprint density at radius 1 is 1.03 bits per heavy atom. The first kappa shape index (κ1) is 20.9. The smallest absolute Gasteiger partial charge is 0.263 e. The van der Waals surface area contributed by atoms with Crippen LogP contribution in [0.15, 0.2) is 77.1 Å². The summed E-state index contributed by atoms with van der Waals surface area (Å²) in [7, 11) is 1.59. The number of hydrogen-bond acceptors (Lipinski definition) is 4. The first-order valence-electron chi connectivity index (χ1n) is 8.92. The number of carbonyl (C=O) groups excluding carboxylic acids is 1. The fourth-order valence-corrected chi connectivity index (χ4v) is 3.33. The van der Waals surface area contributed by atoms with Gasteiger partial charge in [-0.05, 0) is 35.0 Å². The zero-order valence-corrected chi connectivity index (χ0v) is 17.0. The first-order chi connectivity index (χ1) is 14.1. The second kappa shape index (κ2) is 8.67. The molecule has 1 aromatic heterocycles. The van der Waals surface area contributed by atoms with E-state index in [4.69, 9.17) is 16.2 Å². The van der Waals surface area contributed by atoms with Crippen LogP contribution in [0.1, 0.15) is 15.9 Å². The van der Waals surface area contributed by atoms with Gasteiger partial charge in [0.15, 0.2) is 0 Å². The summed E-state index contributed by atoms with van der Waals surface area (Å²) in [5, 5.41) is 10.2. The van der Waals surface area contributed by atoms with Crippen molar-refractivity contribution in [1.29, 1.82) is 0 Å². The van der Waals surface area contributed by atoms with Crippen LogP contribution in [0.2, 0.25) is 0 Å². The molecule has 4 N–H and O–H groups in total. The highest BCUT2D eigenvalue weighted by Gasteiger charge is 2.17. The molecule has 152 valence electrons. The summed E-state index contributed by atoms with van der Waals surface area (Å²) in [6.07, 6.45) is 3.23. The molecule has 0 saturated heterocycles. The molecule has 8 heteroatoms. The highest BCUT2D eigenvalue weighted by atomic mass is 35.5. The van der Waals surface area contributed by atoms with Crippen molar-refractivity contribution in [2.75, 3.05) is 7.11 Å². The van der Waals surface area contributed by atoms with Crippen molar-refractivity contribution in [2.45, 2.75) is 0 Å². The van der Waals surface area contributed by atoms with E-state index in [0.29, 0.717) is 16.9 Å². The molecule has 3 aromatic carbocycles. The van der Waals surface area contributed by atoms with Crippen LogP contribution >= 0.6 is 12.4 Å². The molecule has 0 radical (unpaired) electrons. The second-order valence-corrected chi connectivity index (χ2v) is 6.44. The Kier molecular flexibility index (Phi) is 6.03. The molecular weight excluding hydrogens is 402 g/mol. The number of nitrogens with zero attached hydrogens (tertiary/aromatic N) is 3. The number of fused-ring (bicyclic) bond motifs is 2. The van der Waals surface area contributed by atoms with Crippen LogP contribution in [0, 0.1) is 0 Å². The van der Waals surface area contributed by atoms with E-state index in [9.17, 15) is 4.79 Å². The lowest BCUT2D eigenvalue weighted by Gasteiger charge is -2.08. The molecule has 0 aliphatic carbocycles. The zero-order valence-electron chi connectivity index (χ0n) is 16.1. The summed E-state index contributed by atoms with van der Waals surface area (Å²) in [5.74, 6) is 0.386. The quantitative estimate of drug-likeness (QED) is 0.298. The lowest BCUT2D eigenvalue weighted by Crippen LogP contribution is -2.21. The molecule has 0 aliphatic heterocycles. The minimum Gasteiger partial charge on any atom is -0.497 e. The summed E-state index contributed by atoms with van der Waals surface area (Å²) < 4.78 is 6.93. The fraction of sp³-hybridized carbons (Fsp3) is 0.0455. The Hall–Kier alpha value is -3.84. The number of guanidine groups is 1. The highest BCUT2D eigenvalue weighted by molar-refractivity contribution is 6.13. The van der Waals surface area contributed by atoms with Gasteiger partial charge in [-0.15, -0.1) is 17.5 Å². The monoisotopic (exact) mass is 421 g/mol. The van der Waals surface area contributed by atoms with Crippen molar-refractivity contribution >= 4 is 52.2 Å². The van der Waals surface area contributed by atoms with Crippen molar-refractivity contribution in [1.82, 2.24) is 4.57 Å². The van der Waals surface area contributed by atoms with Crippen molar-refractivity contribution in [3.8, 4) is 5.75 Å². The predicted molar refractivity (Wildman–Crippen MR) is 123 cm³/mol. The van der Waals surface area contributed by atoms with Gasteiger partial charge in [-0.1, -0.05) is 36.4 Å². The number of carbonyl (C=O) groups is 1. The number of hydrogen-bond donors (Lipinski definition) is 2. The van der Waals surface area contributed by atoms with E-state index in [2.05, 4.69) is 10.2 Å². The maximum atomic E-state index is 13.4. The lowest BCUT2D eigenvalue weighted by molar-refractivity contribution is 0.0966. The largest absolute Gasteiger partial charge is 0.497 e. The standard InChI is InChI=1S/C22H19N5O2.ClH/c1-29-16-9-10-20-19(11-16)15(12-25-26-22(23)24)13-27(20)21(28)18-8-4-6-14-5-2-3-7-17(14)18;/h2-13H,1H3,(H4,23,24,26);1H/b25-12+;. The summed E-state index contributed by atoms with van der Waals surface area (Å²) in [6.45, 7) is 0. The van der Waals surface area contributed by atoms with Crippen molar-refractivity contribution in [2.24, 2.45) is 21.7 Å². The van der Waals surface area contributed by atoms with Crippen LogP contribution in [0.5, 0.6) is 5.75 Å². The van der Waals surface area contributed by atoms with Crippen molar-refractivity contribution in [3.05, 3.63) is 78.0 Å². The molecule has 0 saturated carbocycles. The van der Waals surface area contributed by atoms with Gasteiger partial charge in [0.25, 0.3) is 5.91 Å².